The van der Waals surface area contributed by atoms with Gasteiger partial charge < -0.3 is 10.2 Å². The number of amides is 1. The highest BCUT2D eigenvalue weighted by molar-refractivity contribution is 5.76. The summed E-state index contributed by atoms with van der Waals surface area (Å²) in [6.45, 7) is 1.61. The average Bonchev–Trinajstić information content (AvgIpc) is 3.09. The van der Waals surface area contributed by atoms with Crippen molar-refractivity contribution in [3.63, 3.8) is 0 Å². The molecule has 1 aromatic rings. The fourth-order valence-electron chi connectivity index (χ4n) is 3.27. The third-order valence-corrected chi connectivity index (χ3v) is 4.56. The zero-order valence-corrected chi connectivity index (χ0v) is 12.2. The molecular formula is C15H24N4O. The molecule has 2 heterocycles. The van der Waals surface area contributed by atoms with E-state index in [-0.39, 0.29) is 5.91 Å². The molecule has 2 fully saturated rings. The van der Waals surface area contributed by atoms with Crippen LogP contribution in [-0.2, 0) is 11.3 Å². The summed E-state index contributed by atoms with van der Waals surface area (Å²) >= 11 is 0. The number of likely N-dealkylation sites (tertiary alicyclic amines) is 1. The van der Waals surface area contributed by atoms with Gasteiger partial charge in [0.15, 0.2) is 0 Å². The maximum atomic E-state index is 11.4. The SMILES string of the molecule is CN1CC(NCc2ccn(C3CCCC3)n2)CCC1=O. The van der Waals surface area contributed by atoms with Crippen LogP contribution < -0.4 is 5.32 Å². The van der Waals surface area contributed by atoms with Crippen LogP contribution in [0, 0.1) is 0 Å². The normalized spacial score (nSPS) is 24.6. The number of carbonyl (C=O) groups excluding carboxylic acids is 1. The van der Waals surface area contributed by atoms with Crippen LogP contribution in [0.25, 0.3) is 0 Å². The first kappa shape index (κ1) is 13.6. The van der Waals surface area contributed by atoms with E-state index in [2.05, 4.69) is 27.4 Å². The monoisotopic (exact) mass is 276 g/mol. The van der Waals surface area contributed by atoms with Crippen molar-refractivity contribution in [2.45, 2.75) is 57.2 Å². The molecule has 1 amide bonds. The van der Waals surface area contributed by atoms with E-state index in [0.717, 1.165) is 25.2 Å². The molecule has 1 aliphatic heterocycles. The number of aromatic nitrogens is 2. The van der Waals surface area contributed by atoms with Gasteiger partial charge in [-0.25, -0.2) is 0 Å². The lowest BCUT2D eigenvalue weighted by atomic mass is 10.1. The fraction of sp³-hybridized carbons (Fsp3) is 0.733. The van der Waals surface area contributed by atoms with Crippen LogP contribution in [0.1, 0.15) is 50.3 Å². The smallest absolute Gasteiger partial charge is 0.222 e. The summed E-state index contributed by atoms with van der Waals surface area (Å²) in [5.41, 5.74) is 1.11. The van der Waals surface area contributed by atoms with Crippen LogP contribution in [-0.4, -0.2) is 40.2 Å². The van der Waals surface area contributed by atoms with Gasteiger partial charge in [0.2, 0.25) is 5.91 Å². The molecule has 0 spiro atoms. The molecule has 1 saturated carbocycles. The summed E-state index contributed by atoms with van der Waals surface area (Å²) in [6.07, 6.45) is 8.91. The minimum atomic E-state index is 0.258. The Labute approximate surface area is 120 Å². The maximum Gasteiger partial charge on any atom is 0.222 e. The van der Waals surface area contributed by atoms with E-state index in [1.165, 1.54) is 25.7 Å². The maximum absolute atomic E-state index is 11.4. The molecule has 20 heavy (non-hydrogen) atoms. The predicted molar refractivity (Wildman–Crippen MR) is 77.2 cm³/mol. The molecule has 0 aromatic carbocycles. The molecule has 1 saturated heterocycles. The number of nitrogens with one attached hydrogen (secondary N) is 1. The summed E-state index contributed by atoms with van der Waals surface area (Å²) in [5, 5.41) is 8.21. The molecule has 110 valence electrons. The van der Waals surface area contributed by atoms with E-state index in [4.69, 9.17) is 0 Å². The Morgan fingerprint density at radius 1 is 1.35 bits per heavy atom. The van der Waals surface area contributed by atoms with Crippen molar-refractivity contribution in [2.75, 3.05) is 13.6 Å². The van der Waals surface area contributed by atoms with Crippen molar-refractivity contribution in [1.29, 1.82) is 0 Å². The molecular weight excluding hydrogens is 252 g/mol. The summed E-state index contributed by atoms with van der Waals surface area (Å²) in [4.78, 5) is 13.3. The largest absolute Gasteiger partial charge is 0.344 e. The van der Waals surface area contributed by atoms with Crippen LogP contribution in [0.5, 0.6) is 0 Å². The Hall–Kier alpha value is -1.36. The lowest BCUT2D eigenvalue weighted by Crippen LogP contribution is -2.46. The first-order chi connectivity index (χ1) is 9.72. The highest BCUT2D eigenvalue weighted by Crippen LogP contribution is 2.28. The molecule has 1 atom stereocenters. The van der Waals surface area contributed by atoms with E-state index in [0.29, 0.717) is 18.5 Å². The Bertz CT molecular complexity index is 464. The Balaban J connectivity index is 1.50. The van der Waals surface area contributed by atoms with Crippen molar-refractivity contribution >= 4 is 5.91 Å². The summed E-state index contributed by atoms with van der Waals surface area (Å²) in [5.74, 6) is 0.258. The Morgan fingerprint density at radius 2 is 2.15 bits per heavy atom. The molecule has 2 aliphatic rings. The molecule has 5 nitrogen and oxygen atoms in total. The first-order valence-corrected chi connectivity index (χ1v) is 7.74. The van der Waals surface area contributed by atoms with Gasteiger partial charge in [-0.05, 0) is 25.3 Å². The van der Waals surface area contributed by atoms with E-state index in [9.17, 15) is 4.79 Å². The molecule has 0 bridgehead atoms. The number of carbonyl (C=O) groups is 1. The summed E-state index contributed by atoms with van der Waals surface area (Å²) in [6, 6.07) is 3.12. The standard InChI is InChI=1S/C15H24N4O/c1-18-11-13(6-7-15(18)20)16-10-12-8-9-19(17-12)14-4-2-3-5-14/h8-9,13-14,16H,2-7,10-11H2,1H3. The van der Waals surface area contributed by atoms with Crippen LogP contribution in [0.4, 0.5) is 0 Å². The predicted octanol–water partition coefficient (Wildman–Crippen LogP) is 1.71. The molecule has 1 unspecified atom stereocenters. The number of rotatable bonds is 4. The molecule has 1 aliphatic carbocycles. The van der Waals surface area contributed by atoms with Gasteiger partial charge in [0.25, 0.3) is 0 Å². The Morgan fingerprint density at radius 3 is 2.90 bits per heavy atom. The minimum absolute atomic E-state index is 0.258. The number of hydrogen-bond acceptors (Lipinski definition) is 3. The second-order valence-electron chi connectivity index (χ2n) is 6.12. The molecule has 1 aromatic heterocycles. The van der Waals surface area contributed by atoms with E-state index in [1.807, 2.05) is 11.9 Å². The van der Waals surface area contributed by atoms with Crippen molar-refractivity contribution < 1.29 is 4.79 Å². The Kier molecular flexibility index (Phi) is 4.05. The average molecular weight is 276 g/mol. The molecule has 1 N–H and O–H groups in total. The van der Waals surface area contributed by atoms with Crippen molar-refractivity contribution in [3.8, 4) is 0 Å². The molecule has 0 radical (unpaired) electrons. The topological polar surface area (TPSA) is 50.2 Å². The van der Waals surface area contributed by atoms with Gasteiger partial charge in [0, 0.05) is 38.8 Å². The minimum Gasteiger partial charge on any atom is -0.344 e. The quantitative estimate of drug-likeness (QED) is 0.911. The van der Waals surface area contributed by atoms with Gasteiger partial charge in [0.05, 0.1) is 11.7 Å². The molecule has 3 rings (SSSR count). The van der Waals surface area contributed by atoms with Crippen molar-refractivity contribution in [1.82, 2.24) is 20.0 Å². The van der Waals surface area contributed by atoms with Crippen molar-refractivity contribution in [2.24, 2.45) is 0 Å². The van der Waals surface area contributed by atoms with Crippen LogP contribution in [0.3, 0.4) is 0 Å². The number of likely N-dealkylation sites (N-methyl/N-ethyl adjacent to an activating group) is 1. The van der Waals surface area contributed by atoms with Crippen molar-refractivity contribution in [3.05, 3.63) is 18.0 Å². The van der Waals surface area contributed by atoms with Crippen LogP contribution in [0.2, 0.25) is 0 Å². The van der Waals surface area contributed by atoms with Gasteiger partial charge in [-0.15, -0.1) is 0 Å². The third kappa shape index (κ3) is 3.03. The first-order valence-electron chi connectivity index (χ1n) is 7.74. The lowest BCUT2D eigenvalue weighted by Gasteiger charge is -2.30. The number of nitrogens with zero attached hydrogens (tertiary/aromatic N) is 3. The number of hydrogen-bond donors (Lipinski definition) is 1. The van der Waals surface area contributed by atoms with Crippen LogP contribution >= 0.6 is 0 Å². The fourth-order valence-corrected chi connectivity index (χ4v) is 3.27. The van der Waals surface area contributed by atoms with Gasteiger partial charge >= 0.3 is 0 Å². The third-order valence-electron chi connectivity index (χ3n) is 4.56. The highest BCUT2D eigenvalue weighted by Gasteiger charge is 2.22. The zero-order valence-electron chi connectivity index (χ0n) is 12.2. The van der Waals surface area contributed by atoms with Gasteiger partial charge in [-0.3, -0.25) is 9.48 Å². The van der Waals surface area contributed by atoms with E-state index < -0.39 is 0 Å². The van der Waals surface area contributed by atoms with Gasteiger partial charge in [-0.1, -0.05) is 12.8 Å². The summed E-state index contributed by atoms with van der Waals surface area (Å²) in [7, 11) is 1.88. The van der Waals surface area contributed by atoms with Gasteiger partial charge in [0.1, 0.15) is 0 Å². The zero-order chi connectivity index (χ0) is 13.9. The lowest BCUT2D eigenvalue weighted by molar-refractivity contribution is -0.132. The summed E-state index contributed by atoms with van der Waals surface area (Å²) < 4.78 is 2.14. The van der Waals surface area contributed by atoms with E-state index >= 15 is 0 Å². The van der Waals surface area contributed by atoms with E-state index in [1.54, 1.807) is 0 Å². The highest BCUT2D eigenvalue weighted by atomic mass is 16.2. The van der Waals surface area contributed by atoms with Crippen LogP contribution in [0.15, 0.2) is 12.3 Å². The second-order valence-corrected chi connectivity index (χ2v) is 6.12. The second kappa shape index (κ2) is 5.95. The molecule has 5 heteroatoms. The number of piperidine rings is 1. The van der Waals surface area contributed by atoms with Gasteiger partial charge in [-0.2, -0.15) is 5.10 Å².